The lowest BCUT2D eigenvalue weighted by molar-refractivity contribution is 0.0942. The van der Waals surface area contributed by atoms with Gasteiger partial charge in [0, 0.05) is 12.1 Å². The topological polar surface area (TPSA) is 50.8 Å². The van der Waals surface area contributed by atoms with Crippen LogP contribution in [0.3, 0.4) is 0 Å². The highest BCUT2D eigenvalue weighted by atomic mass is 16.5. The molecule has 0 aliphatic heterocycles. The molecule has 2 rings (SSSR count). The number of carbonyl (C=O) groups excluding carboxylic acids is 1. The highest BCUT2D eigenvalue weighted by Crippen LogP contribution is 2.21. The third kappa shape index (κ3) is 5.36. The van der Waals surface area contributed by atoms with Gasteiger partial charge in [-0.1, -0.05) is 24.8 Å². The molecular formula is C21H26N2O3. The van der Waals surface area contributed by atoms with E-state index in [1.165, 1.54) is 0 Å². The van der Waals surface area contributed by atoms with Gasteiger partial charge in [0.05, 0.1) is 13.2 Å². The predicted molar refractivity (Wildman–Crippen MR) is 104 cm³/mol. The standard InChI is InChI=1S/C21H26N2O3/c1-5-14-26-19-12-8-17(9-13-19)21(24)22-15-20(23(2)3)16-6-10-18(25-4)11-7-16/h5-13,20H,1,14-15H2,2-4H3,(H,22,24). The molecular weight excluding hydrogens is 328 g/mol. The largest absolute Gasteiger partial charge is 0.497 e. The average Bonchev–Trinajstić information content (AvgIpc) is 2.67. The number of carbonyl (C=O) groups is 1. The Kier molecular flexibility index (Phi) is 7.24. The van der Waals surface area contributed by atoms with Crippen LogP contribution in [0, 0.1) is 0 Å². The molecule has 2 aromatic carbocycles. The molecule has 1 amide bonds. The molecule has 0 fully saturated rings. The summed E-state index contributed by atoms with van der Waals surface area (Å²) in [5.41, 5.74) is 1.72. The quantitative estimate of drug-likeness (QED) is 0.702. The van der Waals surface area contributed by atoms with Crippen LogP contribution >= 0.6 is 0 Å². The van der Waals surface area contributed by atoms with Gasteiger partial charge in [-0.2, -0.15) is 0 Å². The lowest BCUT2D eigenvalue weighted by Crippen LogP contribution is -2.34. The summed E-state index contributed by atoms with van der Waals surface area (Å²) in [4.78, 5) is 14.5. The Labute approximate surface area is 155 Å². The minimum absolute atomic E-state index is 0.0695. The number of hydrogen-bond donors (Lipinski definition) is 1. The second-order valence-electron chi connectivity index (χ2n) is 6.09. The van der Waals surface area contributed by atoms with Gasteiger partial charge in [-0.25, -0.2) is 0 Å². The molecule has 0 bridgehead atoms. The third-order valence-electron chi connectivity index (χ3n) is 4.06. The first kappa shape index (κ1) is 19.5. The lowest BCUT2D eigenvalue weighted by Gasteiger charge is -2.25. The molecule has 2 aromatic rings. The molecule has 0 spiro atoms. The van der Waals surface area contributed by atoms with Crippen molar-refractivity contribution in [1.29, 1.82) is 0 Å². The number of amides is 1. The van der Waals surface area contributed by atoms with Crippen LogP contribution < -0.4 is 14.8 Å². The SMILES string of the molecule is C=CCOc1ccc(C(=O)NCC(c2ccc(OC)cc2)N(C)C)cc1. The number of nitrogens with zero attached hydrogens (tertiary/aromatic N) is 1. The van der Waals surface area contributed by atoms with Crippen molar-refractivity contribution in [3.63, 3.8) is 0 Å². The minimum Gasteiger partial charge on any atom is -0.497 e. The summed E-state index contributed by atoms with van der Waals surface area (Å²) in [7, 11) is 5.63. The Morgan fingerprint density at radius 2 is 1.73 bits per heavy atom. The normalized spacial score (nSPS) is 11.7. The summed E-state index contributed by atoms with van der Waals surface area (Å²) < 4.78 is 10.6. The van der Waals surface area contributed by atoms with Gasteiger partial charge < -0.3 is 19.7 Å². The van der Waals surface area contributed by atoms with E-state index < -0.39 is 0 Å². The van der Waals surface area contributed by atoms with E-state index in [2.05, 4.69) is 16.8 Å². The minimum atomic E-state index is -0.111. The summed E-state index contributed by atoms with van der Waals surface area (Å²) >= 11 is 0. The Morgan fingerprint density at radius 3 is 2.27 bits per heavy atom. The molecule has 5 heteroatoms. The Balaban J connectivity index is 1.99. The van der Waals surface area contributed by atoms with Crippen LogP contribution in [0.5, 0.6) is 11.5 Å². The van der Waals surface area contributed by atoms with Gasteiger partial charge in [0.1, 0.15) is 18.1 Å². The van der Waals surface area contributed by atoms with Crippen molar-refractivity contribution in [1.82, 2.24) is 10.2 Å². The average molecular weight is 354 g/mol. The number of nitrogens with one attached hydrogen (secondary N) is 1. The summed E-state index contributed by atoms with van der Waals surface area (Å²) in [5, 5.41) is 3.00. The number of hydrogen-bond acceptors (Lipinski definition) is 4. The van der Waals surface area contributed by atoms with Gasteiger partial charge >= 0.3 is 0 Å². The van der Waals surface area contributed by atoms with E-state index in [-0.39, 0.29) is 11.9 Å². The second-order valence-corrected chi connectivity index (χ2v) is 6.09. The Bertz CT molecular complexity index is 709. The highest BCUT2D eigenvalue weighted by Gasteiger charge is 2.16. The van der Waals surface area contributed by atoms with E-state index >= 15 is 0 Å². The number of likely N-dealkylation sites (N-methyl/N-ethyl adjacent to an activating group) is 1. The van der Waals surface area contributed by atoms with E-state index in [0.717, 1.165) is 11.3 Å². The van der Waals surface area contributed by atoms with Crippen molar-refractivity contribution in [2.45, 2.75) is 6.04 Å². The first-order valence-electron chi connectivity index (χ1n) is 8.47. The molecule has 0 saturated heterocycles. The van der Waals surface area contributed by atoms with Crippen LogP contribution in [0.25, 0.3) is 0 Å². The summed E-state index contributed by atoms with van der Waals surface area (Å²) in [5.74, 6) is 1.42. The lowest BCUT2D eigenvalue weighted by atomic mass is 10.1. The fourth-order valence-electron chi connectivity index (χ4n) is 2.57. The summed E-state index contributed by atoms with van der Waals surface area (Å²) in [6, 6.07) is 15.0. The molecule has 0 aliphatic carbocycles. The van der Waals surface area contributed by atoms with Crippen molar-refractivity contribution >= 4 is 5.91 Å². The molecule has 0 radical (unpaired) electrons. The van der Waals surface area contributed by atoms with E-state index in [9.17, 15) is 4.79 Å². The number of benzene rings is 2. The van der Waals surface area contributed by atoms with Gasteiger partial charge in [-0.3, -0.25) is 4.79 Å². The van der Waals surface area contributed by atoms with Crippen LogP contribution in [-0.4, -0.2) is 45.2 Å². The first-order chi connectivity index (χ1) is 12.5. The molecule has 0 heterocycles. The zero-order chi connectivity index (χ0) is 18.9. The van der Waals surface area contributed by atoms with Gasteiger partial charge in [0.25, 0.3) is 5.91 Å². The van der Waals surface area contributed by atoms with Gasteiger partial charge in [-0.05, 0) is 56.1 Å². The van der Waals surface area contributed by atoms with Crippen molar-refractivity contribution in [2.24, 2.45) is 0 Å². The van der Waals surface area contributed by atoms with Crippen molar-refractivity contribution < 1.29 is 14.3 Å². The molecule has 0 aliphatic rings. The fourth-order valence-corrected chi connectivity index (χ4v) is 2.57. The van der Waals surface area contributed by atoms with Crippen molar-refractivity contribution in [2.75, 3.05) is 34.4 Å². The molecule has 1 atom stereocenters. The molecule has 1 unspecified atom stereocenters. The molecule has 0 aromatic heterocycles. The predicted octanol–water partition coefficient (Wildman–Crippen LogP) is 3.29. The molecule has 26 heavy (non-hydrogen) atoms. The third-order valence-corrected chi connectivity index (χ3v) is 4.06. The van der Waals surface area contributed by atoms with E-state index in [1.807, 2.05) is 38.4 Å². The second kappa shape index (κ2) is 9.63. The summed E-state index contributed by atoms with van der Waals surface area (Å²) in [6.07, 6.45) is 1.68. The van der Waals surface area contributed by atoms with Gasteiger partial charge in [0.15, 0.2) is 0 Å². The maximum Gasteiger partial charge on any atom is 0.251 e. The Hall–Kier alpha value is -2.79. The van der Waals surface area contributed by atoms with Gasteiger partial charge in [-0.15, -0.1) is 0 Å². The number of methoxy groups -OCH3 is 1. The molecule has 5 nitrogen and oxygen atoms in total. The van der Waals surface area contributed by atoms with E-state index in [1.54, 1.807) is 37.5 Å². The monoisotopic (exact) mass is 354 g/mol. The molecule has 0 saturated carbocycles. The Morgan fingerprint density at radius 1 is 1.12 bits per heavy atom. The number of ether oxygens (including phenoxy) is 2. The zero-order valence-corrected chi connectivity index (χ0v) is 15.6. The molecule has 138 valence electrons. The first-order valence-corrected chi connectivity index (χ1v) is 8.47. The van der Waals surface area contributed by atoms with Crippen LogP contribution in [-0.2, 0) is 0 Å². The van der Waals surface area contributed by atoms with Crippen molar-refractivity contribution in [3.8, 4) is 11.5 Å². The van der Waals surface area contributed by atoms with Crippen LogP contribution in [0.4, 0.5) is 0 Å². The fraction of sp³-hybridized carbons (Fsp3) is 0.286. The van der Waals surface area contributed by atoms with Crippen LogP contribution in [0.15, 0.2) is 61.2 Å². The maximum absolute atomic E-state index is 12.4. The summed E-state index contributed by atoms with van der Waals surface area (Å²) in [6.45, 7) is 4.56. The van der Waals surface area contributed by atoms with E-state index in [0.29, 0.717) is 24.5 Å². The smallest absolute Gasteiger partial charge is 0.251 e. The van der Waals surface area contributed by atoms with Crippen LogP contribution in [0.1, 0.15) is 22.0 Å². The van der Waals surface area contributed by atoms with Gasteiger partial charge in [0.2, 0.25) is 0 Å². The maximum atomic E-state index is 12.4. The highest BCUT2D eigenvalue weighted by molar-refractivity contribution is 5.94. The van der Waals surface area contributed by atoms with E-state index in [4.69, 9.17) is 9.47 Å². The van der Waals surface area contributed by atoms with Crippen molar-refractivity contribution in [3.05, 3.63) is 72.3 Å². The number of rotatable bonds is 9. The zero-order valence-electron chi connectivity index (χ0n) is 15.6. The van der Waals surface area contributed by atoms with Crippen LogP contribution in [0.2, 0.25) is 0 Å². The molecule has 1 N–H and O–H groups in total.